The lowest BCUT2D eigenvalue weighted by Gasteiger charge is -2.33. The maximum absolute atomic E-state index is 12.3. The number of aliphatic hydroxyl groups is 3. The molecule has 0 unspecified atom stereocenters. The van der Waals surface area contributed by atoms with E-state index < -0.39 is 60.6 Å². The van der Waals surface area contributed by atoms with E-state index in [2.05, 4.69) is 220 Å². The van der Waals surface area contributed by atoms with Gasteiger partial charge < -0.3 is 26.8 Å². The Balaban J connectivity index is 0.000000680. The summed E-state index contributed by atoms with van der Waals surface area (Å²) in [6.07, 6.45) is 4.27. The summed E-state index contributed by atoms with van der Waals surface area (Å²) in [6, 6.07) is 55.8. The summed E-state index contributed by atoms with van der Waals surface area (Å²) in [5.41, 5.74) is 17.9. The van der Waals surface area contributed by atoms with Crippen LogP contribution in [0.15, 0.2) is 221 Å². The predicted molar refractivity (Wildman–Crippen MR) is 541 cm³/mol. The van der Waals surface area contributed by atoms with Gasteiger partial charge in [0.05, 0.1) is 95.7 Å². The molecule has 7 aromatic rings. The Morgan fingerprint density at radius 1 is 0.517 bits per heavy atom. The molecular weight excluding hydrogens is 2100 g/mol. The smallest absolute Gasteiger partial charge is 0.154 e. The zero-order valence-electron chi connectivity index (χ0n) is 71.3. The van der Waals surface area contributed by atoms with Crippen LogP contribution in [0, 0.1) is 0 Å². The van der Waals surface area contributed by atoms with Crippen molar-refractivity contribution in [3.05, 3.63) is 240 Å². The lowest BCUT2D eigenvalue weighted by molar-refractivity contribution is 0.238. The number of hydrogen-bond acceptors (Lipinski definition) is 15. The number of thiocarbonyl (C=S) groups is 2. The van der Waals surface area contributed by atoms with E-state index in [1.807, 2.05) is 263 Å². The first kappa shape index (κ1) is 114. The van der Waals surface area contributed by atoms with E-state index in [0.717, 1.165) is 95.4 Å². The summed E-state index contributed by atoms with van der Waals surface area (Å²) >= 11 is 40.8. The normalized spacial score (nSPS) is 17.0. The van der Waals surface area contributed by atoms with E-state index in [4.69, 9.17) is 38.4 Å². The first-order valence-corrected chi connectivity index (χ1v) is 50.2. The molecule has 7 aromatic carbocycles. The third-order valence-corrected chi connectivity index (χ3v) is 28.8. The van der Waals surface area contributed by atoms with Crippen LogP contribution in [0.25, 0.3) is 0 Å². The van der Waals surface area contributed by atoms with Crippen LogP contribution < -0.4 is 26.1 Å². The van der Waals surface area contributed by atoms with Crippen molar-refractivity contribution in [3.8, 4) is 0 Å². The van der Waals surface area contributed by atoms with Crippen molar-refractivity contribution < 1.29 is 32.2 Å². The number of aliphatic imine (C=N–C) groups is 3. The fraction of sp³-hybridized carbons (Fsp3) is 0.471. The summed E-state index contributed by atoms with van der Waals surface area (Å²) in [6.45, 7) is 39.3. The Kier molecular flexibility index (Phi) is 51.9. The second-order valence-corrected chi connectivity index (χ2v) is 48.5. The van der Waals surface area contributed by atoms with Crippen molar-refractivity contribution in [1.29, 1.82) is 0 Å². The summed E-state index contributed by atoms with van der Waals surface area (Å²) in [5, 5.41) is 37.7. The van der Waals surface area contributed by atoms with Gasteiger partial charge in [-0.05, 0) is 312 Å². The van der Waals surface area contributed by atoms with Crippen molar-refractivity contribution in [1.82, 2.24) is 9.44 Å². The fourth-order valence-electron chi connectivity index (χ4n) is 9.94. The molecule has 1 aliphatic heterocycles. The SMILES string of the molecule is CC(=N[S@](=O)C(C)(C)C)c1cccc(Br)c1.CC(C)(C)[S@@](=O)N[C@@](C)(CCO)c1cccc(Br)c1.CC(C)(C)[S@](N)=O.CC[C@](C)(N[S@](=O)C(C)(C)C)c1cccc(Br)c1.C[C@@](CCCl)(N=C=S)c1cccc(Br)c1.C[C@@](CCO)(N=C=S)c1cccc(Br)c1.C[C@@]1(c2cccc(Br)c2)CCSC(N)=N1.C[C@](N)(CCO)c1cccc(Br)c1. The standard InChI is InChI=1S/C14H22BrNO2S.C14H22BrNOS.C12H16BrNOS.C11H11BrClNS.C11H13BrN2S.C11H12BrNOS.C10H14BrNO.C4H11NOS/c1-13(2,3)19(18)16-14(4,8-9-17)11-6-5-7-12(15)10-11;1-6-14(5,16-18(17)13(2,3)4)11-8-7-9-12(15)10-11;1-9(14-16(15)12(2,3)4)10-6-5-7-11(13)8-10;1-11(5-6-13,14-8-15)9-3-2-4-10(12)7-9;1-11(5-6-15-10(13)14-11)8-3-2-4-9(12)7-8;1-11(5-6-14,13-8-15)9-3-2-4-10(12)7-9;1-10(12,5-6-13)8-3-2-4-9(11)7-8;1-4(2,3)7(5)6/h5-7,10,16-17H,8-9H2,1-4H3;7-10,16H,6H2,1-5H3;5-8H,1-4H3;2-4,7H,5-6H2,1H3;2-4,7H,5-6H2,1H3,(H2,13,14);2-4,7,14H,5-6H2,1H3;2-4,7,13H,5-6,12H2,1H3;5H2,1-3H3/t14-,19+;14-,18+;16-;3*11-;10-;7-/m00100001/s1. The number of rotatable bonds is 23. The molecule has 654 valence electrons. The van der Waals surface area contributed by atoms with E-state index in [1.165, 1.54) is 5.56 Å². The Morgan fingerprint density at radius 3 is 1.21 bits per heavy atom. The van der Waals surface area contributed by atoms with Gasteiger partial charge in [-0.2, -0.15) is 4.40 Å². The van der Waals surface area contributed by atoms with Crippen molar-refractivity contribution >= 4 is 224 Å². The molecule has 8 rings (SSSR count). The Labute approximate surface area is 794 Å². The molecule has 0 amide bonds. The highest BCUT2D eigenvalue weighted by Gasteiger charge is 2.35. The molecule has 0 aromatic heterocycles. The zero-order valence-corrected chi connectivity index (χ0v) is 88.9. The number of nitrogens with one attached hydrogen (secondary N) is 2. The third-order valence-electron chi connectivity index (χ3n) is 18.0. The maximum atomic E-state index is 12.3. The number of aliphatic hydroxyl groups excluding tert-OH is 3. The highest BCUT2D eigenvalue weighted by atomic mass is 79.9. The molecule has 1 heterocycles. The lowest BCUT2D eigenvalue weighted by atomic mass is 9.90. The van der Waals surface area contributed by atoms with Crippen LogP contribution in [-0.2, 0) is 77.2 Å². The number of isothiocyanates is 2. The molecular formula is C87H121Br7ClN9O7S7. The molecule has 0 bridgehead atoms. The number of thioether (sulfide) groups is 1. The quantitative estimate of drug-likeness (QED) is 0.0169. The van der Waals surface area contributed by atoms with Crippen molar-refractivity contribution in [3.63, 3.8) is 0 Å². The topological polar surface area (TPSA) is 281 Å². The summed E-state index contributed by atoms with van der Waals surface area (Å²) in [5.74, 6) is 1.59. The van der Waals surface area contributed by atoms with Gasteiger partial charge in [0.25, 0.3) is 0 Å². The van der Waals surface area contributed by atoms with E-state index in [0.29, 0.717) is 30.3 Å². The van der Waals surface area contributed by atoms with E-state index in [1.54, 1.807) is 11.8 Å². The maximum Gasteiger partial charge on any atom is 0.154 e. The van der Waals surface area contributed by atoms with Gasteiger partial charge in [-0.1, -0.05) is 215 Å². The monoisotopic (exact) mass is 2220 g/mol. The lowest BCUT2D eigenvalue weighted by Crippen LogP contribution is -2.46. The molecule has 0 aliphatic carbocycles. The van der Waals surface area contributed by atoms with Crippen LogP contribution in [0.3, 0.4) is 0 Å². The van der Waals surface area contributed by atoms with Gasteiger partial charge in [0.15, 0.2) is 5.17 Å². The van der Waals surface area contributed by atoms with E-state index in [9.17, 15) is 21.9 Å². The highest BCUT2D eigenvalue weighted by molar-refractivity contribution is 9.11. The number of nitrogens with zero attached hydrogens (tertiary/aromatic N) is 4. The molecule has 10 atom stereocenters. The van der Waals surface area contributed by atoms with Gasteiger partial charge >= 0.3 is 0 Å². The van der Waals surface area contributed by atoms with Crippen molar-refractivity contribution in [2.75, 3.05) is 31.5 Å². The number of nitrogens with two attached hydrogens (primary N) is 3. The van der Waals surface area contributed by atoms with Gasteiger partial charge in [-0.3, -0.25) is 10.1 Å². The first-order valence-electron chi connectivity index (χ1n) is 37.7. The Morgan fingerprint density at radius 2 is 0.864 bits per heavy atom. The zero-order chi connectivity index (χ0) is 90.5. The largest absolute Gasteiger partial charge is 0.396 e. The summed E-state index contributed by atoms with van der Waals surface area (Å²) in [7, 11) is -4.66. The number of amidine groups is 1. The van der Waals surface area contributed by atoms with Crippen LogP contribution in [0.5, 0.6) is 0 Å². The van der Waals surface area contributed by atoms with Crippen LogP contribution in [-0.4, -0.2) is 104 Å². The van der Waals surface area contributed by atoms with Gasteiger partial charge in [0, 0.05) is 74.7 Å². The second kappa shape index (κ2) is 53.9. The average molecular weight is 2220 g/mol. The third kappa shape index (κ3) is 42.3. The summed E-state index contributed by atoms with van der Waals surface area (Å²) in [4.78, 5) is 12.9. The minimum atomic E-state index is -1.20. The minimum Gasteiger partial charge on any atom is -0.396 e. The van der Waals surface area contributed by atoms with Gasteiger partial charge in [0.1, 0.15) is 11.0 Å². The van der Waals surface area contributed by atoms with Crippen LogP contribution in [0.4, 0.5) is 0 Å². The fourth-order valence-corrected chi connectivity index (χ4v) is 17.0. The highest BCUT2D eigenvalue weighted by Crippen LogP contribution is 2.38. The number of alkyl halides is 1. The number of halogens is 8. The van der Waals surface area contributed by atoms with Crippen LogP contribution >= 0.6 is 159 Å². The molecule has 118 heavy (non-hydrogen) atoms. The summed E-state index contributed by atoms with van der Waals surface area (Å²) < 4.78 is 63.4. The molecule has 31 heteroatoms. The molecule has 1 aliphatic rings. The van der Waals surface area contributed by atoms with Crippen molar-refractivity contribution in [2.24, 2.45) is 36.0 Å². The molecule has 0 fully saturated rings. The molecule has 0 saturated heterocycles. The van der Waals surface area contributed by atoms with Crippen LogP contribution in [0.2, 0.25) is 0 Å². The van der Waals surface area contributed by atoms with Crippen molar-refractivity contribution in [2.45, 2.75) is 229 Å². The predicted octanol–water partition coefficient (Wildman–Crippen LogP) is 24.0. The second-order valence-electron chi connectivity index (χ2n) is 32.6. The molecule has 11 N–H and O–H groups in total. The minimum absolute atomic E-state index is 0.0390. The molecule has 0 radical (unpaired) electrons. The Hall–Kier alpha value is -2.40. The van der Waals surface area contributed by atoms with E-state index >= 15 is 0 Å². The first-order chi connectivity index (χ1) is 54.5. The van der Waals surface area contributed by atoms with E-state index in [-0.39, 0.29) is 55.4 Å². The molecule has 0 spiro atoms. The van der Waals surface area contributed by atoms with Gasteiger partial charge in [-0.25, -0.2) is 36.3 Å². The van der Waals surface area contributed by atoms with Crippen LogP contribution in [0.1, 0.15) is 216 Å². The molecule has 0 saturated carbocycles. The average Bonchev–Trinajstić information content (AvgIpc) is 0.817. The number of benzene rings is 7. The Bertz CT molecular complexity index is 4480. The number of hydrogen-bond donors (Lipinski definition) is 8. The molecule has 16 nitrogen and oxygen atoms in total. The van der Waals surface area contributed by atoms with Gasteiger partial charge in [0.2, 0.25) is 0 Å². The van der Waals surface area contributed by atoms with Gasteiger partial charge in [-0.15, -0.1) is 11.6 Å².